The van der Waals surface area contributed by atoms with Gasteiger partial charge in [-0.3, -0.25) is 9.89 Å². The number of carbonyl (C=O) groups excluding carboxylic acids is 1. The van der Waals surface area contributed by atoms with Crippen LogP contribution in [0, 0.1) is 11.6 Å². The van der Waals surface area contributed by atoms with Gasteiger partial charge in [-0.25, -0.2) is 8.78 Å². The van der Waals surface area contributed by atoms with Crippen molar-refractivity contribution in [2.24, 2.45) is 0 Å². The Bertz CT molecular complexity index is 996. The van der Waals surface area contributed by atoms with Gasteiger partial charge in [-0.05, 0) is 49.2 Å². The van der Waals surface area contributed by atoms with Crippen LogP contribution in [-0.2, 0) is 5.54 Å². The third-order valence-electron chi connectivity index (χ3n) is 4.55. The molecule has 1 aromatic heterocycles. The van der Waals surface area contributed by atoms with Gasteiger partial charge in [0.25, 0.3) is 5.91 Å². The maximum absolute atomic E-state index is 14.1. The molecule has 0 spiro atoms. The molecule has 0 bridgehead atoms. The number of nitrogens with zero attached hydrogens (tertiary/aromatic N) is 1. The topological polar surface area (TPSA) is 78.0 Å². The van der Waals surface area contributed by atoms with Crippen molar-refractivity contribution < 1.29 is 18.7 Å². The Kier molecular flexibility index (Phi) is 3.72. The number of phenols is 1. The van der Waals surface area contributed by atoms with Gasteiger partial charge in [0.05, 0.1) is 11.2 Å². The lowest BCUT2D eigenvalue weighted by atomic mass is 10.0. The summed E-state index contributed by atoms with van der Waals surface area (Å²) in [7, 11) is 0. The predicted octanol–water partition coefficient (Wildman–Crippen LogP) is 3.48. The van der Waals surface area contributed by atoms with Crippen LogP contribution in [0.1, 0.15) is 28.9 Å². The van der Waals surface area contributed by atoms with Crippen LogP contribution in [0.3, 0.4) is 0 Å². The first-order chi connectivity index (χ1) is 12.5. The molecule has 26 heavy (non-hydrogen) atoms. The fraction of sp³-hybridized carbons (Fsp3) is 0.158. The van der Waals surface area contributed by atoms with Crippen LogP contribution in [-0.4, -0.2) is 21.2 Å². The second-order valence-electron chi connectivity index (χ2n) is 6.34. The Morgan fingerprint density at radius 2 is 1.92 bits per heavy atom. The van der Waals surface area contributed by atoms with Crippen LogP contribution >= 0.6 is 0 Å². The zero-order valence-electron chi connectivity index (χ0n) is 13.6. The molecule has 0 aliphatic heterocycles. The summed E-state index contributed by atoms with van der Waals surface area (Å²) >= 11 is 0. The highest BCUT2D eigenvalue weighted by Crippen LogP contribution is 2.46. The van der Waals surface area contributed by atoms with Gasteiger partial charge in [-0.2, -0.15) is 5.10 Å². The van der Waals surface area contributed by atoms with E-state index in [4.69, 9.17) is 0 Å². The number of rotatable bonds is 4. The summed E-state index contributed by atoms with van der Waals surface area (Å²) in [6, 6.07) is 11.4. The van der Waals surface area contributed by atoms with Gasteiger partial charge in [0.15, 0.2) is 0 Å². The number of halogens is 2. The minimum absolute atomic E-state index is 0.0476. The van der Waals surface area contributed by atoms with Crippen LogP contribution in [0.2, 0.25) is 0 Å². The molecule has 3 N–H and O–H groups in total. The number of aromatic hydroxyl groups is 1. The summed E-state index contributed by atoms with van der Waals surface area (Å²) in [4.78, 5) is 12.5. The van der Waals surface area contributed by atoms with Gasteiger partial charge >= 0.3 is 0 Å². The second kappa shape index (κ2) is 5.94. The molecule has 1 saturated carbocycles. The molecule has 0 unspecified atom stereocenters. The highest BCUT2D eigenvalue weighted by Gasteiger charge is 2.48. The first-order valence-electron chi connectivity index (χ1n) is 8.10. The monoisotopic (exact) mass is 355 g/mol. The highest BCUT2D eigenvalue weighted by molar-refractivity contribution is 5.94. The summed E-state index contributed by atoms with van der Waals surface area (Å²) < 4.78 is 27.5. The molecule has 5 nitrogen and oxygen atoms in total. The largest absolute Gasteiger partial charge is 0.507 e. The number of benzene rings is 2. The van der Waals surface area contributed by atoms with Crippen molar-refractivity contribution in [1.29, 1.82) is 0 Å². The number of aromatic nitrogens is 2. The van der Waals surface area contributed by atoms with Crippen LogP contribution in [0.4, 0.5) is 8.78 Å². The van der Waals surface area contributed by atoms with Gasteiger partial charge in [0, 0.05) is 11.1 Å². The molecule has 1 aliphatic rings. The molecular formula is C19H15F2N3O2. The summed E-state index contributed by atoms with van der Waals surface area (Å²) in [6.07, 6.45) is 1.05. The molecule has 3 aromatic rings. The van der Waals surface area contributed by atoms with Gasteiger partial charge in [0.2, 0.25) is 0 Å². The molecular weight excluding hydrogens is 340 g/mol. The lowest BCUT2D eigenvalue weighted by Crippen LogP contribution is -2.35. The minimum atomic E-state index is -0.899. The summed E-state index contributed by atoms with van der Waals surface area (Å²) in [6.45, 7) is 0. The maximum atomic E-state index is 14.1. The van der Waals surface area contributed by atoms with Crippen molar-refractivity contribution >= 4 is 5.91 Å². The van der Waals surface area contributed by atoms with Crippen molar-refractivity contribution in [1.82, 2.24) is 15.5 Å². The molecule has 1 heterocycles. The van der Waals surface area contributed by atoms with Gasteiger partial charge < -0.3 is 10.4 Å². The van der Waals surface area contributed by atoms with E-state index >= 15 is 0 Å². The first kappa shape index (κ1) is 16.3. The van der Waals surface area contributed by atoms with E-state index in [9.17, 15) is 18.7 Å². The average molecular weight is 355 g/mol. The fourth-order valence-corrected chi connectivity index (χ4v) is 3.00. The Balaban J connectivity index is 1.58. The second-order valence-corrected chi connectivity index (χ2v) is 6.34. The SMILES string of the molecule is O=C(NC1(c2cc(F)ccc2F)CC1)c1cc(-c2ccccc2O)n[nH]1. The molecule has 2 aromatic carbocycles. The molecule has 0 atom stereocenters. The number of H-pyrrole nitrogens is 1. The van der Waals surface area contributed by atoms with Crippen molar-refractivity contribution in [3.63, 3.8) is 0 Å². The summed E-state index contributed by atoms with van der Waals surface area (Å²) in [5, 5.41) is 19.3. The van der Waals surface area contributed by atoms with Crippen LogP contribution in [0.25, 0.3) is 11.3 Å². The predicted molar refractivity (Wildman–Crippen MR) is 90.4 cm³/mol. The number of amides is 1. The Labute approximate surface area is 147 Å². The lowest BCUT2D eigenvalue weighted by molar-refractivity contribution is 0.0925. The standard InChI is InChI=1S/C19H15F2N3O2/c20-11-5-6-14(21)13(9-11)19(7-8-19)22-18(26)16-10-15(23-24-16)12-3-1-2-4-17(12)25/h1-6,9-10,25H,7-8H2,(H,22,26)(H,23,24). The maximum Gasteiger partial charge on any atom is 0.270 e. The number of hydrogen-bond acceptors (Lipinski definition) is 3. The van der Waals surface area contributed by atoms with Gasteiger partial charge in [-0.15, -0.1) is 0 Å². The third kappa shape index (κ3) is 2.81. The quantitative estimate of drug-likeness (QED) is 0.670. The molecule has 0 saturated heterocycles. The number of aromatic amines is 1. The Morgan fingerprint density at radius 3 is 2.65 bits per heavy atom. The van der Waals surface area contributed by atoms with E-state index in [0.29, 0.717) is 24.1 Å². The Morgan fingerprint density at radius 1 is 1.15 bits per heavy atom. The van der Waals surface area contributed by atoms with Gasteiger partial charge in [-0.1, -0.05) is 12.1 Å². The molecule has 1 amide bonds. The molecule has 1 fully saturated rings. The zero-order valence-corrected chi connectivity index (χ0v) is 13.6. The zero-order chi connectivity index (χ0) is 18.3. The van der Waals surface area contributed by atoms with Crippen molar-refractivity contribution in [3.05, 3.63) is 71.4 Å². The van der Waals surface area contributed by atoms with Crippen LogP contribution in [0.15, 0.2) is 48.5 Å². The normalized spacial score (nSPS) is 14.8. The number of hydrogen-bond donors (Lipinski definition) is 3. The van der Waals surface area contributed by atoms with E-state index in [1.807, 2.05) is 0 Å². The smallest absolute Gasteiger partial charge is 0.270 e. The summed E-state index contributed by atoms with van der Waals surface area (Å²) in [5.41, 5.74) is 0.316. The van der Waals surface area contributed by atoms with E-state index in [1.165, 1.54) is 12.1 Å². The molecule has 4 rings (SSSR count). The van der Waals surface area contributed by atoms with Crippen molar-refractivity contribution in [3.8, 4) is 17.0 Å². The van der Waals surface area contributed by atoms with Crippen LogP contribution in [0.5, 0.6) is 5.75 Å². The number of carbonyl (C=O) groups is 1. The number of phenolic OH excluding ortho intramolecular Hbond substituents is 1. The molecule has 132 valence electrons. The van der Waals surface area contributed by atoms with Crippen LogP contribution < -0.4 is 5.32 Å². The Hall–Kier alpha value is -3.22. The fourth-order valence-electron chi connectivity index (χ4n) is 3.00. The third-order valence-corrected chi connectivity index (χ3v) is 4.55. The van der Waals surface area contributed by atoms with E-state index in [2.05, 4.69) is 15.5 Å². The van der Waals surface area contributed by atoms with Crippen molar-refractivity contribution in [2.45, 2.75) is 18.4 Å². The van der Waals surface area contributed by atoms with Gasteiger partial charge in [0.1, 0.15) is 23.1 Å². The number of para-hydroxylation sites is 1. The highest BCUT2D eigenvalue weighted by atomic mass is 19.1. The average Bonchev–Trinajstić information content (AvgIpc) is 3.22. The van der Waals surface area contributed by atoms with E-state index in [1.54, 1.807) is 18.2 Å². The van der Waals surface area contributed by atoms with E-state index < -0.39 is 23.1 Å². The molecule has 1 aliphatic carbocycles. The molecule has 7 heteroatoms. The van der Waals surface area contributed by atoms with E-state index in [-0.39, 0.29) is 17.0 Å². The van der Waals surface area contributed by atoms with Crippen molar-refractivity contribution in [2.75, 3.05) is 0 Å². The number of nitrogens with one attached hydrogen (secondary N) is 2. The first-order valence-corrected chi connectivity index (χ1v) is 8.10. The molecule has 0 radical (unpaired) electrons. The summed E-state index contributed by atoms with van der Waals surface area (Å²) in [5.74, 6) is -1.53. The lowest BCUT2D eigenvalue weighted by Gasteiger charge is -2.18. The minimum Gasteiger partial charge on any atom is -0.507 e. The van der Waals surface area contributed by atoms with E-state index in [0.717, 1.165) is 18.2 Å².